The van der Waals surface area contributed by atoms with Crippen molar-refractivity contribution >= 4 is 15.9 Å². The second kappa shape index (κ2) is 6.80. The van der Waals surface area contributed by atoms with E-state index in [0.717, 1.165) is 11.3 Å². The van der Waals surface area contributed by atoms with E-state index in [4.69, 9.17) is 14.2 Å². The van der Waals surface area contributed by atoms with E-state index >= 15 is 0 Å². The topological polar surface area (TPSA) is 27.7 Å². The smallest absolute Gasteiger partial charge is 0.163 e. The number of rotatable bonds is 5. The molecule has 0 aliphatic rings. The first-order valence-electron chi connectivity index (χ1n) is 6.30. The molecule has 0 saturated carbocycles. The number of hydrogen-bond acceptors (Lipinski definition) is 3. The first kappa shape index (κ1) is 15.6. The minimum Gasteiger partial charge on any atom is -0.497 e. The summed E-state index contributed by atoms with van der Waals surface area (Å²) in [6.45, 7) is 0. The van der Waals surface area contributed by atoms with E-state index < -0.39 is 0 Å². The largest absolute Gasteiger partial charge is 0.497 e. The summed E-state index contributed by atoms with van der Waals surface area (Å²) in [6, 6.07) is 10.4. The lowest BCUT2D eigenvalue weighted by atomic mass is 10.0. The summed E-state index contributed by atoms with van der Waals surface area (Å²) in [4.78, 5) is -0.313. The molecule has 3 nitrogen and oxygen atoms in total. The van der Waals surface area contributed by atoms with E-state index in [1.165, 1.54) is 20.3 Å². The molecule has 2 aromatic rings. The Hall–Kier alpha value is -1.75. The van der Waals surface area contributed by atoms with Crippen LogP contribution in [0.25, 0.3) is 0 Å². The molecule has 5 heteroatoms. The van der Waals surface area contributed by atoms with Crippen LogP contribution in [0.4, 0.5) is 4.39 Å². The summed E-state index contributed by atoms with van der Waals surface area (Å²) >= 11 is 3.53. The van der Waals surface area contributed by atoms with Crippen molar-refractivity contribution in [1.82, 2.24) is 0 Å². The van der Waals surface area contributed by atoms with Crippen LogP contribution < -0.4 is 14.2 Å². The van der Waals surface area contributed by atoms with Crippen molar-refractivity contribution in [3.8, 4) is 17.2 Å². The van der Waals surface area contributed by atoms with Gasteiger partial charge in [0, 0.05) is 11.6 Å². The van der Waals surface area contributed by atoms with Crippen LogP contribution in [0, 0.1) is 5.82 Å². The Bertz CT molecular complexity index is 631. The predicted molar refractivity (Wildman–Crippen MR) is 83.3 cm³/mol. The number of hydrogen-bond donors (Lipinski definition) is 0. The van der Waals surface area contributed by atoms with Gasteiger partial charge in [-0.3, -0.25) is 0 Å². The molecule has 0 heterocycles. The highest BCUT2D eigenvalue weighted by Gasteiger charge is 2.19. The van der Waals surface area contributed by atoms with E-state index in [1.54, 1.807) is 13.2 Å². The van der Waals surface area contributed by atoms with Gasteiger partial charge < -0.3 is 14.2 Å². The van der Waals surface area contributed by atoms with Gasteiger partial charge in [-0.25, -0.2) is 4.39 Å². The van der Waals surface area contributed by atoms with E-state index in [2.05, 4.69) is 15.9 Å². The Kier molecular flexibility index (Phi) is 5.07. The van der Waals surface area contributed by atoms with Crippen molar-refractivity contribution in [3.05, 3.63) is 53.3 Å². The van der Waals surface area contributed by atoms with Gasteiger partial charge in [0.1, 0.15) is 11.6 Å². The maximum Gasteiger partial charge on any atom is 0.163 e. The zero-order valence-corrected chi connectivity index (χ0v) is 13.6. The van der Waals surface area contributed by atoms with Crippen LogP contribution >= 0.6 is 15.9 Å². The third-order valence-corrected chi connectivity index (χ3v) is 4.18. The first-order valence-corrected chi connectivity index (χ1v) is 7.21. The standard InChI is InChI=1S/C16H16BrFO3/c1-19-11-6-4-5-10(7-11)16(17)12-8-14(20-2)15(21-3)9-13(12)18/h4-9,16H,1-3H3. The third kappa shape index (κ3) is 3.29. The molecule has 0 aromatic heterocycles. The van der Waals surface area contributed by atoms with Crippen molar-refractivity contribution in [2.24, 2.45) is 0 Å². The van der Waals surface area contributed by atoms with Crippen molar-refractivity contribution in [1.29, 1.82) is 0 Å². The lowest BCUT2D eigenvalue weighted by Crippen LogP contribution is -2.00. The number of ether oxygens (including phenoxy) is 3. The molecule has 0 spiro atoms. The molecule has 2 aromatic carbocycles. The number of methoxy groups -OCH3 is 3. The predicted octanol–water partition coefficient (Wildman–Crippen LogP) is 4.34. The zero-order valence-electron chi connectivity index (χ0n) is 12.0. The maximum absolute atomic E-state index is 14.3. The third-order valence-electron chi connectivity index (χ3n) is 3.16. The van der Waals surface area contributed by atoms with Crippen LogP contribution in [-0.2, 0) is 0 Å². The molecule has 1 atom stereocenters. The zero-order chi connectivity index (χ0) is 15.4. The second-order valence-corrected chi connectivity index (χ2v) is 5.28. The minimum atomic E-state index is -0.364. The Morgan fingerprint density at radius 3 is 2.24 bits per heavy atom. The number of alkyl halides is 1. The van der Waals surface area contributed by atoms with E-state index in [0.29, 0.717) is 17.1 Å². The highest BCUT2D eigenvalue weighted by atomic mass is 79.9. The fourth-order valence-electron chi connectivity index (χ4n) is 2.04. The maximum atomic E-state index is 14.3. The molecule has 0 bridgehead atoms. The van der Waals surface area contributed by atoms with Gasteiger partial charge in [-0.1, -0.05) is 28.1 Å². The summed E-state index contributed by atoms with van der Waals surface area (Å²) in [7, 11) is 4.60. The Balaban J connectivity index is 2.44. The molecular formula is C16H16BrFO3. The first-order chi connectivity index (χ1) is 10.1. The Morgan fingerprint density at radius 2 is 1.62 bits per heavy atom. The van der Waals surface area contributed by atoms with Gasteiger partial charge in [0.2, 0.25) is 0 Å². The molecule has 0 fully saturated rings. The van der Waals surface area contributed by atoms with Gasteiger partial charge in [-0.2, -0.15) is 0 Å². The quantitative estimate of drug-likeness (QED) is 0.747. The van der Waals surface area contributed by atoms with E-state index in [-0.39, 0.29) is 10.6 Å². The molecule has 1 unspecified atom stereocenters. The SMILES string of the molecule is COc1cccc(C(Br)c2cc(OC)c(OC)cc2F)c1. The van der Waals surface area contributed by atoms with Crippen LogP contribution in [0.15, 0.2) is 36.4 Å². The Labute approximate surface area is 131 Å². The Morgan fingerprint density at radius 1 is 0.952 bits per heavy atom. The fraction of sp³-hybridized carbons (Fsp3) is 0.250. The van der Waals surface area contributed by atoms with Crippen molar-refractivity contribution in [2.45, 2.75) is 4.83 Å². The van der Waals surface area contributed by atoms with Gasteiger partial charge in [0.15, 0.2) is 11.5 Å². The average molecular weight is 355 g/mol. The van der Waals surface area contributed by atoms with Gasteiger partial charge in [-0.05, 0) is 23.8 Å². The fourth-order valence-corrected chi connectivity index (χ4v) is 2.68. The van der Waals surface area contributed by atoms with E-state index in [9.17, 15) is 4.39 Å². The van der Waals surface area contributed by atoms with Gasteiger partial charge in [0.25, 0.3) is 0 Å². The van der Waals surface area contributed by atoms with Crippen molar-refractivity contribution < 1.29 is 18.6 Å². The molecule has 0 aliphatic carbocycles. The van der Waals surface area contributed by atoms with Crippen molar-refractivity contribution in [3.63, 3.8) is 0 Å². The highest BCUT2D eigenvalue weighted by molar-refractivity contribution is 9.09. The molecular weight excluding hydrogens is 339 g/mol. The minimum absolute atomic E-state index is 0.313. The molecule has 0 N–H and O–H groups in total. The summed E-state index contributed by atoms with van der Waals surface area (Å²) in [5.74, 6) is 1.21. The van der Waals surface area contributed by atoms with Crippen LogP contribution in [0.1, 0.15) is 16.0 Å². The molecule has 0 amide bonds. The molecule has 0 radical (unpaired) electrons. The highest BCUT2D eigenvalue weighted by Crippen LogP contribution is 2.39. The lowest BCUT2D eigenvalue weighted by molar-refractivity contribution is 0.351. The summed E-state index contributed by atoms with van der Waals surface area (Å²) in [5, 5.41) is 0. The molecule has 112 valence electrons. The van der Waals surface area contributed by atoms with Crippen molar-refractivity contribution in [2.75, 3.05) is 21.3 Å². The van der Waals surface area contributed by atoms with E-state index in [1.807, 2.05) is 24.3 Å². The van der Waals surface area contributed by atoms with Crippen LogP contribution in [0.5, 0.6) is 17.2 Å². The van der Waals surface area contributed by atoms with Crippen LogP contribution in [0.3, 0.4) is 0 Å². The number of benzene rings is 2. The van der Waals surface area contributed by atoms with Gasteiger partial charge in [0.05, 0.1) is 26.2 Å². The normalized spacial score (nSPS) is 11.9. The second-order valence-electron chi connectivity index (χ2n) is 4.37. The average Bonchev–Trinajstić information content (AvgIpc) is 2.53. The van der Waals surface area contributed by atoms with Gasteiger partial charge >= 0.3 is 0 Å². The summed E-state index contributed by atoms with van der Waals surface area (Å²) in [5.41, 5.74) is 1.36. The van der Waals surface area contributed by atoms with Gasteiger partial charge in [-0.15, -0.1) is 0 Å². The molecule has 21 heavy (non-hydrogen) atoms. The van der Waals surface area contributed by atoms with Crippen LogP contribution in [-0.4, -0.2) is 21.3 Å². The lowest BCUT2D eigenvalue weighted by Gasteiger charge is -2.16. The summed E-state index contributed by atoms with van der Waals surface area (Å²) < 4.78 is 29.8. The monoisotopic (exact) mass is 354 g/mol. The molecule has 2 rings (SSSR count). The number of halogens is 2. The molecule has 0 aliphatic heterocycles. The summed E-state index contributed by atoms with van der Waals surface area (Å²) in [6.07, 6.45) is 0. The van der Waals surface area contributed by atoms with Crippen LogP contribution in [0.2, 0.25) is 0 Å². The molecule has 0 saturated heterocycles.